The van der Waals surface area contributed by atoms with Crippen LogP contribution in [0, 0.1) is 0 Å². The molecule has 0 saturated heterocycles. The summed E-state index contributed by atoms with van der Waals surface area (Å²) in [5, 5.41) is 9.44. The van der Waals surface area contributed by atoms with Crippen molar-refractivity contribution in [3.05, 3.63) is 23.4 Å². The van der Waals surface area contributed by atoms with Crippen molar-refractivity contribution in [3.8, 4) is 0 Å². The van der Waals surface area contributed by atoms with Gasteiger partial charge in [-0.05, 0) is 44.1 Å². The monoisotopic (exact) mass is 279 g/mol. The van der Waals surface area contributed by atoms with Crippen LogP contribution in [0.15, 0.2) is 12.1 Å². The molecule has 0 aromatic carbocycles. The van der Waals surface area contributed by atoms with Crippen molar-refractivity contribution in [3.63, 3.8) is 0 Å². The molecular formula is C16H29N3O. The highest BCUT2D eigenvalue weighted by molar-refractivity contribution is 5.43. The zero-order chi connectivity index (χ0) is 15.1. The van der Waals surface area contributed by atoms with Gasteiger partial charge in [0.1, 0.15) is 5.82 Å². The van der Waals surface area contributed by atoms with Gasteiger partial charge in [0.2, 0.25) is 0 Å². The lowest BCUT2D eigenvalue weighted by atomic mass is 10.1. The summed E-state index contributed by atoms with van der Waals surface area (Å²) in [6.45, 7) is 9.48. The number of nitrogens with zero attached hydrogens (tertiary/aromatic N) is 3. The molecule has 4 heteroatoms. The fourth-order valence-corrected chi connectivity index (χ4v) is 2.07. The number of pyridine rings is 1. The first kappa shape index (κ1) is 16.9. The second kappa shape index (κ2) is 8.22. The summed E-state index contributed by atoms with van der Waals surface area (Å²) in [5.74, 6) is 1.36. The van der Waals surface area contributed by atoms with Crippen LogP contribution in [-0.4, -0.2) is 48.7 Å². The highest BCUT2D eigenvalue weighted by Gasteiger charge is 2.12. The lowest BCUT2D eigenvalue weighted by Gasteiger charge is -2.26. The Balaban J connectivity index is 3.01. The maximum atomic E-state index is 9.44. The molecule has 0 unspecified atom stereocenters. The molecule has 0 aliphatic heterocycles. The van der Waals surface area contributed by atoms with Crippen molar-refractivity contribution in [1.82, 2.24) is 9.88 Å². The summed E-state index contributed by atoms with van der Waals surface area (Å²) >= 11 is 0. The van der Waals surface area contributed by atoms with Crippen LogP contribution in [0.3, 0.4) is 0 Å². The SMILES string of the molecule is CCCN(CCN(C)C)c1cc(CO)cc(C(C)C)n1. The van der Waals surface area contributed by atoms with E-state index in [4.69, 9.17) is 4.98 Å². The van der Waals surface area contributed by atoms with Crippen molar-refractivity contribution >= 4 is 5.82 Å². The van der Waals surface area contributed by atoms with Gasteiger partial charge in [0, 0.05) is 25.3 Å². The van der Waals surface area contributed by atoms with E-state index in [9.17, 15) is 5.11 Å². The summed E-state index contributed by atoms with van der Waals surface area (Å²) in [7, 11) is 4.17. The van der Waals surface area contributed by atoms with E-state index in [1.165, 1.54) is 0 Å². The Morgan fingerprint density at radius 2 is 1.85 bits per heavy atom. The third kappa shape index (κ3) is 5.10. The minimum Gasteiger partial charge on any atom is -0.392 e. The van der Waals surface area contributed by atoms with Crippen LogP contribution in [0.1, 0.15) is 44.4 Å². The second-order valence-electron chi connectivity index (χ2n) is 5.86. The zero-order valence-corrected chi connectivity index (χ0v) is 13.6. The molecule has 0 atom stereocenters. The highest BCUT2D eigenvalue weighted by atomic mass is 16.3. The fourth-order valence-electron chi connectivity index (χ4n) is 2.07. The maximum absolute atomic E-state index is 9.44. The van der Waals surface area contributed by atoms with Crippen LogP contribution in [0.25, 0.3) is 0 Å². The Bertz CT molecular complexity index is 405. The summed E-state index contributed by atoms with van der Waals surface area (Å²) in [6.07, 6.45) is 1.09. The normalized spacial score (nSPS) is 11.4. The largest absolute Gasteiger partial charge is 0.392 e. The molecule has 1 rings (SSSR count). The molecule has 0 saturated carbocycles. The maximum Gasteiger partial charge on any atom is 0.129 e. The van der Waals surface area contributed by atoms with Crippen LogP contribution in [-0.2, 0) is 6.61 Å². The number of aliphatic hydroxyl groups excluding tert-OH is 1. The molecule has 1 aromatic rings. The van der Waals surface area contributed by atoms with Crippen molar-refractivity contribution in [2.45, 2.75) is 39.7 Å². The summed E-state index contributed by atoms with van der Waals surface area (Å²) in [6, 6.07) is 4.02. The highest BCUT2D eigenvalue weighted by Crippen LogP contribution is 2.20. The number of aliphatic hydroxyl groups is 1. The van der Waals surface area contributed by atoms with E-state index in [0.29, 0.717) is 5.92 Å². The number of aromatic nitrogens is 1. The smallest absolute Gasteiger partial charge is 0.129 e. The Morgan fingerprint density at radius 3 is 2.35 bits per heavy atom. The van der Waals surface area contributed by atoms with Gasteiger partial charge in [0.15, 0.2) is 0 Å². The van der Waals surface area contributed by atoms with Gasteiger partial charge in [0.05, 0.1) is 6.61 Å². The van der Waals surface area contributed by atoms with E-state index in [0.717, 1.165) is 43.1 Å². The minimum atomic E-state index is 0.0723. The number of rotatable bonds is 8. The number of hydrogen-bond donors (Lipinski definition) is 1. The molecule has 0 bridgehead atoms. The van der Waals surface area contributed by atoms with Gasteiger partial charge in [-0.1, -0.05) is 20.8 Å². The van der Waals surface area contributed by atoms with E-state index in [2.05, 4.69) is 44.7 Å². The van der Waals surface area contributed by atoms with Gasteiger partial charge in [-0.2, -0.15) is 0 Å². The van der Waals surface area contributed by atoms with Crippen LogP contribution < -0.4 is 4.90 Å². The zero-order valence-electron chi connectivity index (χ0n) is 13.6. The Morgan fingerprint density at radius 1 is 1.15 bits per heavy atom. The van der Waals surface area contributed by atoms with Gasteiger partial charge in [-0.3, -0.25) is 0 Å². The van der Waals surface area contributed by atoms with Gasteiger partial charge >= 0.3 is 0 Å². The van der Waals surface area contributed by atoms with Crippen LogP contribution >= 0.6 is 0 Å². The molecule has 1 aromatic heterocycles. The van der Waals surface area contributed by atoms with Crippen LogP contribution in [0.4, 0.5) is 5.82 Å². The van der Waals surface area contributed by atoms with E-state index in [-0.39, 0.29) is 6.61 Å². The van der Waals surface area contributed by atoms with Crippen molar-refractivity contribution in [2.24, 2.45) is 0 Å². The molecule has 4 nitrogen and oxygen atoms in total. The molecule has 0 aliphatic carbocycles. The lowest BCUT2D eigenvalue weighted by Crippen LogP contribution is -2.33. The summed E-state index contributed by atoms with van der Waals surface area (Å²) in [4.78, 5) is 9.27. The van der Waals surface area contributed by atoms with Crippen LogP contribution in [0.2, 0.25) is 0 Å². The Labute approximate surface area is 123 Å². The van der Waals surface area contributed by atoms with Gasteiger partial charge in [-0.25, -0.2) is 4.98 Å². The Kier molecular flexibility index (Phi) is 6.96. The quantitative estimate of drug-likeness (QED) is 0.793. The standard InChI is InChI=1S/C16H29N3O/c1-6-7-19(9-8-18(4)5)16-11-14(12-20)10-15(17-16)13(2)3/h10-11,13,20H,6-9,12H2,1-5H3. The molecule has 0 spiro atoms. The van der Waals surface area contributed by atoms with Gasteiger partial charge < -0.3 is 14.9 Å². The third-order valence-corrected chi connectivity index (χ3v) is 3.30. The molecule has 1 N–H and O–H groups in total. The average Bonchev–Trinajstić information content (AvgIpc) is 2.42. The first-order valence-electron chi connectivity index (χ1n) is 7.49. The second-order valence-corrected chi connectivity index (χ2v) is 5.86. The Hall–Kier alpha value is -1.13. The molecule has 0 fully saturated rings. The fraction of sp³-hybridized carbons (Fsp3) is 0.688. The van der Waals surface area contributed by atoms with Gasteiger partial charge in [-0.15, -0.1) is 0 Å². The van der Waals surface area contributed by atoms with Crippen LogP contribution in [0.5, 0.6) is 0 Å². The molecule has 0 amide bonds. The van der Waals surface area contributed by atoms with Crippen molar-refractivity contribution < 1.29 is 5.11 Å². The average molecular weight is 279 g/mol. The predicted molar refractivity (Wildman–Crippen MR) is 85.3 cm³/mol. The third-order valence-electron chi connectivity index (χ3n) is 3.30. The van der Waals surface area contributed by atoms with Gasteiger partial charge in [0.25, 0.3) is 0 Å². The topological polar surface area (TPSA) is 39.6 Å². The molecule has 114 valence electrons. The van der Waals surface area contributed by atoms with E-state index < -0.39 is 0 Å². The van der Waals surface area contributed by atoms with E-state index in [1.807, 2.05) is 12.1 Å². The number of anilines is 1. The molecule has 0 aliphatic rings. The first-order valence-corrected chi connectivity index (χ1v) is 7.49. The van der Waals surface area contributed by atoms with E-state index in [1.54, 1.807) is 0 Å². The first-order chi connectivity index (χ1) is 9.47. The minimum absolute atomic E-state index is 0.0723. The number of likely N-dealkylation sites (N-methyl/N-ethyl adjacent to an activating group) is 1. The van der Waals surface area contributed by atoms with E-state index >= 15 is 0 Å². The predicted octanol–water partition coefficient (Wildman–Crippen LogP) is 2.48. The van der Waals surface area contributed by atoms with Crippen molar-refractivity contribution in [1.29, 1.82) is 0 Å². The number of hydrogen-bond acceptors (Lipinski definition) is 4. The molecular weight excluding hydrogens is 250 g/mol. The molecule has 20 heavy (non-hydrogen) atoms. The lowest BCUT2D eigenvalue weighted by molar-refractivity contribution is 0.281. The summed E-state index contributed by atoms with van der Waals surface area (Å²) in [5.41, 5.74) is 2.00. The summed E-state index contributed by atoms with van der Waals surface area (Å²) < 4.78 is 0. The molecule has 0 radical (unpaired) electrons. The molecule has 1 heterocycles. The van der Waals surface area contributed by atoms with Crippen molar-refractivity contribution in [2.75, 3.05) is 38.6 Å².